The number of carbonyl (C=O) groups is 1. The molecule has 2 aliphatic heterocycles. The second kappa shape index (κ2) is 8.52. The number of carbonyl (C=O) groups excluding carboxylic acids is 1. The maximum atomic E-state index is 12.4. The van der Waals surface area contributed by atoms with E-state index in [0.29, 0.717) is 29.7 Å². The van der Waals surface area contributed by atoms with E-state index in [4.69, 9.17) is 9.47 Å². The number of fused-ring (bicyclic) bond motifs is 1. The smallest absolute Gasteiger partial charge is 0.238 e. The SMILES string of the molecule is O=C(CN1CCC(CCc2ccc(O)cc2)CC1)Nc1ccc2c(c1)OCO2. The number of amides is 1. The number of nitrogens with one attached hydrogen (secondary N) is 1. The first-order chi connectivity index (χ1) is 13.7. The van der Waals surface area contributed by atoms with E-state index < -0.39 is 0 Å². The van der Waals surface area contributed by atoms with Crippen LogP contribution < -0.4 is 14.8 Å². The highest BCUT2D eigenvalue weighted by atomic mass is 16.7. The van der Waals surface area contributed by atoms with Gasteiger partial charge in [-0.2, -0.15) is 0 Å². The molecule has 1 saturated heterocycles. The number of likely N-dealkylation sites (tertiary alicyclic amines) is 1. The van der Waals surface area contributed by atoms with E-state index in [1.165, 1.54) is 5.56 Å². The summed E-state index contributed by atoms with van der Waals surface area (Å²) in [6, 6.07) is 12.9. The third-order valence-corrected chi connectivity index (χ3v) is 5.51. The Morgan fingerprint density at radius 1 is 1.07 bits per heavy atom. The van der Waals surface area contributed by atoms with Crippen LogP contribution in [0.4, 0.5) is 5.69 Å². The van der Waals surface area contributed by atoms with Gasteiger partial charge in [0, 0.05) is 11.8 Å². The van der Waals surface area contributed by atoms with Gasteiger partial charge in [0.15, 0.2) is 11.5 Å². The molecule has 0 bridgehead atoms. The quantitative estimate of drug-likeness (QED) is 0.801. The largest absolute Gasteiger partial charge is 0.508 e. The van der Waals surface area contributed by atoms with Crippen molar-refractivity contribution in [3.63, 3.8) is 0 Å². The first-order valence-corrected chi connectivity index (χ1v) is 9.85. The number of phenols is 1. The van der Waals surface area contributed by atoms with E-state index in [1.54, 1.807) is 18.2 Å². The number of aryl methyl sites for hydroxylation is 1. The molecule has 28 heavy (non-hydrogen) atoms. The van der Waals surface area contributed by atoms with Crippen LogP contribution in [0.25, 0.3) is 0 Å². The molecule has 148 valence electrons. The second-order valence-electron chi connectivity index (χ2n) is 7.54. The van der Waals surface area contributed by atoms with Crippen LogP contribution in [-0.2, 0) is 11.2 Å². The van der Waals surface area contributed by atoms with Gasteiger partial charge >= 0.3 is 0 Å². The van der Waals surface area contributed by atoms with Crippen molar-refractivity contribution in [3.8, 4) is 17.2 Å². The Balaban J connectivity index is 1.18. The minimum absolute atomic E-state index is 0.00130. The van der Waals surface area contributed by atoms with Gasteiger partial charge in [0.1, 0.15) is 5.75 Å². The van der Waals surface area contributed by atoms with Gasteiger partial charge in [0.25, 0.3) is 0 Å². The summed E-state index contributed by atoms with van der Waals surface area (Å²) in [5.41, 5.74) is 2.00. The van der Waals surface area contributed by atoms with Crippen LogP contribution in [0.2, 0.25) is 0 Å². The molecule has 2 aliphatic rings. The lowest BCUT2D eigenvalue weighted by Gasteiger charge is -2.31. The van der Waals surface area contributed by atoms with Crippen molar-refractivity contribution < 1.29 is 19.4 Å². The predicted molar refractivity (Wildman–Crippen MR) is 107 cm³/mol. The number of hydrogen-bond acceptors (Lipinski definition) is 5. The lowest BCUT2D eigenvalue weighted by Crippen LogP contribution is -2.39. The normalized spacial score (nSPS) is 16.9. The average Bonchev–Trinajstić information content (AvgIpc) is 3.16. The zero-order valence-corrected chi connectivity index (χ0v) is 15.9. The molecular weight excluding hydrogens is 356 g/mol. The van der Waals surface area contributed by atoms with Crippen LogP contribution in [0.3, 0.4) is 0 Å². The summed E-state index contributed by atoms with van der Waals surface area (Å²) in [4.78, 5) is 14.6. The summed E-state index contributed by atoms with van der Waals surface area (Å²) in [6.07, 6.45) is 4.43. The van der Waals surface area contributed by atoms with E-state index in [2.05, 4.69) is 10.2 Å². The molecule has 1 amide bonds. The number of piperidine rings is 1. The molecule has 0 aliphatic carbocycles. The van der Waals surface area contributed by atoms with Gasteiger partial charge in [-0.05, 0) is 74.5 Å². The van der Waals surface area contributed by atoms with Crippen molar-refractivity contribution in [1.82, 2.24) is 4.90 Å². The van der Waals surface area contributed by atoms with Crippen molar-refractivity contribution in [2.24, 2.45) is 5.92 Å². The fraction of sp³-hybridized carbons (Fsp3) is 0.409. The summed E-state index contributed by atoms with van der Waals surface area (Å²) in [5.74, 6) is 2.40. The second-order valence-corrected chi connectivity index (χ2v) is 7.54. The Morgan fingerprint density at radius 3 is 2.61 bits per heavy atom. The van der Waals surface area contributed by atoms with E-state index >= 15 is 0 Å². The van der Waals surface area contributed by atoms with Crippen molar-refractivity contribution >= 4 is 11.6 Å². The number of nitrogens with zero attached hydrogens (tertiary/aromatic N) is 1. The molecule has 2 aromatic carbocycles. The third kappa shape index (κ3) is 4.75. The third-order valence-electron chi connectivity index (χ3n) is 5.51. The van der Waals surface area contributed by atoms with Crippen LogP contribution in [0.15, 0.2) is 42.5 Å². The van der Waals surface area contributed by atoms with Crippen molar-refractivity contribution in [1.29, 1.82) is 0 Å². The fourth-order valence-electron chi connectivity index (χ4n) is 3.84. The molecule has 4 rings (SSSR count). The number of phenolic OH excluding ortho intramolecular Hbond substituents is 1. The molecule has 0 unspecified atom stereocenters. The summed E-state index contributed by atoms with van der Waals surface area (Å²) in [7, 11) is 0. The lowest BCUT2D eigenvalue weighted by atomic mass is 9.90. The lowest BCUT2D eigenvalue weighted by molar-refractivity contribution is -0.117. The van der Waals surface area contributed by atoms with Crippen LogP contribution in [-0.4, -0.2) is 42.3 Å². The van der Waals surface area contributed by atoms with Gasteiger partial charge in [-0.1, -0.05) is 12.1 Å². The van der Waals surface area contributed by atoms with Gasteiger partial charge in [-0.3, -0.25) is 9.69 Å². The Bertz CT molecular complexity index is 814. The van der Waals surface area contributed by atoms with Crippen molar-refractivity contribution in [3.05, 3.63) is 48.0 Å². The highest BCUT2D eigenvalue weighted by Crippen LogP contribution is 2.34. The molecule has 6 nitrogen and oxygen atoms in total. The Labute approximate surface area is 165 Å². The van der Waals surface area contributed by atoms with Crippen LogP contribution in [0, 0.1) is 5.92 Å². The van der Waals surface area contributed by atoms with Crippen LogP contribution in [0.5, 0.6) is 17.2 Å². The number of hydrogen-bond donors (Lipinski definition) is 2. The van der Waals surface area contributed by atoms with Crippen molar-refractivity contribution in [2.45, 2.75) is 25.7 Å². The molecular formula is C22H26N2O4. The summed E-state index contributed by atoms with van der Waals surface area (Å²) in [5, 5.41) is 12.3. The molecule has 2 aromatic rings. The predicted octanol–water partition coefficient (Wildman–Crippen LogP) is 3.40. The van der Waals surface area contributed by atoms with Gasteiger partial charge < -0.3 is 19.9 Å². The minimum atomic E-state index is 0.00130. The fourth-order valence-corrected chi connectivity index (χ4v) is 3.84. The summed E-state index contributed by atoms with van der Waals surface area (Å²) in [6.45, 7) is 2.55. The molecule has 1 fully saturated rings. The Kier molecular flexibility index (Phi) is 5.67. The van der Waals surface area contributed by atoms with Gasteiger partial charge in [-0.15, -0.1) is 0 Å². The average molecular weight is 382 g/mol. The van der Waals surface area contributed by atoms with Gasteiger partial charge in [0.05, 0.1) is 6.54 Å². The number of benzene rings is 2. The number of aromatic hydroxyl groups is 1. The maximum absolute atomic E-state index is 12.4. The number of anilines is 1. The zero-order chi connectivity index (χ0) is 19.3. The maximum Gasteiger partial charge on any atom is 0.238 e. The summed E-state index contributed by atoms with van der Waals surface area (Å²) >= 11 is 0. The minimum Gasteiger partial charge on any atom is -0.508 e. The molecule has 0 spiro atoms. The van der Waals surface area contributed by atoms with Crippen molar-refractivity contribution in [2.75, 3.05) is 31.7 Å². The Hall–Kier alpha value is -2.73. The highest BCUT2D eigenvalue weighted by Gasteiger charge is 2.21. The molecule has 0 saturated carbocycles. The Morgan fingerprint density at radius 2 is 1.82 bits per heavy atom. The van der Waals surface area contributed by atoms with E-state index in [1.807, 2.05) is 24.3 Å². The molecule has 0 atom stereocenters. The topological polar surface area (TPSA) is 71.0 Å². The zero-order valence-electron chi connectivity index (χ0n) is 15.9. The summed E-state index contributed by atoms with van der Waals surface area (Å²) < 4.78 is 10.6. The molecule has 0 aromatic heterocycles. The van der Waals surface area contributed by atoms with Crippen LogP contribution >= 0.6 is 0 Å². The molecule has 0 radical (unpaired) electrons. The van der Waals surface area contributed by atoms with E-state index in [9.17, 15) is 9.90 Å². The first-order valence-electron chi connectivity index (χ1n) is 9.85. The molecule has 2 N–H and O–H groups in total. The monoisotopic (exact) mass is 382 g/mol. The standard InChI is InChI=1S/C22H26N2O4/c25-19-6-3-16(4-7-19)1-2-17-9-11-24(12-10-17)14-22(26)23-18-5-8-20-21(13-18)28-15-27-20/h3-8,13,17,25H,1-2,9-12,14-15H2,(H,23,26). The number of rotatable bonds is 6. The molecule has 2 heterocycles. The van der Waals surface area contributed by atoms with E-state index in [-0.39, 0.29) is 12.7 Å². The van der Waals surface area contributed by atoms with Crippen LogP contribution in [0.1, 0.15) is 24.8 Å². The molecule has 6 heteroatoms. The van der Waals surface area contributed by atoms with Gasteiger partial charge in [0.2, 0.25) is 12.7 Å². The van der Waals surface area contributed by atoms with E-state index in [0.717, 1.165) is 44.5 Å². The van der Waals surface area contributed by atoms with Gasteiger partial charge in [-0.25, -0.2) is 0 Å². The number of ether oxygens (including phenoxy) is 2. The first kappa shape index (κ1) is 18.6. The highest BCUT2D eigenvalue weighted by molar-refractivity contribution is 5.92.